The van der Waals surface area contributed by atoms with E-state index in [2.05, 4.69) is 55.0 Å². The summed E-state index contributed by atoms with van der Waals surface area (Å²) in [6.07, 6.45) is 0.852. The third-order valence-corrected chi connectivity index (χ3v) is 4.15. The number of methoxy groups -OCH3 is 1. The van der Waals surface area contributed by atoms with E-state index in [9.17, 15) is 0 Å². The van der Waals surface area contributed by atoms with Gasteiger partial charge in [-0.15, -0.1) is 0 Å². The van der Waals surface area contributed by atoms with Gasteiger partial charge in [-0.1, -0.05) is 18.2 Å². The van der Waals surface area contributed by atoms with Crippen LogP contribution in [0, 0.1) is 0 Å². The van der Waals surface area contributed by atoms with E-state index < -0.39 is 0 Å². The minimum atomic E-state index is -0.230. The smallest absolute Gasteiger partial charge is 0.0778 e. The molecule has 1 N–H and O–H groups in total. The number of hydrogen-bond acceptors (Lipinski definition) is 3. The number of fused-ring (bicyclic) bond motifs is 1. The van der Waals surface area contributed by atoms with Gasteiger partial charge in [0.15, 0.2) is 0 Å². The van der Waals surface area contributed by atoms with Gasteiger partial charge in [0.1, 0.15) is 0 Å². The summed E-state index contributed by atoms with van der Waals surface area (Å²) in [7, 11) is 3.73. The molecule has 0 radical (unpaired) electrons. The molecule has 0 bridgehead atoms. The Morgan fingerprint density at radius 1 is 1.35 bits per heavy atom. The van der Waals surface area contributed by atoms with Crippen LogP contribution in [0.15, 0.2) is 24.3 Å². The Bertz CT molecular complexity index is 574. The molecule has 1 aromatic carbocycles. The summed E-state index contributed by atoms with van der Waals surface area (Å²) in [5.41, 5.74) is 2.10. The van der Waals surface area contributed by atoms with Crippen LogP contribution in [-0.4, -0.2) is 35.6 Å². The number of ether oxygens (including phenoxy) is 1. The molecule has 0 saturated carbocycles. The average molecular weight is 275 g/mol. The van der Waals surface area contributed by atoms with Gasteiger partial charge in [0.25, 0.3) is 0 Å². The lowest BCUT2D eigenvalue weighted by Crippen LogP contribution is -2.48. The summed E-state index contributed by atoms with van der Waals surface area (Å²) in [5.74, 6) is 0. The van der Waals surface area contributed by atoms with Crippen LogP contribution in [0.1, 0.15) is 26.5 Å². The summed E-state index contributed by atoms with van der Waals surface area (Å²) in [4.78, 5) is 0. The minimum absolute atomic E-state index is 0.219. The number of nitrogens with one attached hydrogen (secondary N) is 1. The predicted octanol–water partition coefficient (Wildman–Crippen LogP) is 2.61. The number of aryl methyl sites for hydroxylation is 1. The van der Waals surface area contributed by atoms with Crippen molar-refractivity contribution < 1.29 is 4.74 Å². The maximum atomic E-state index is 5.61. The van der Waals surface area contributed by atoms with Gasteiger partial charge in [-0.05, 0) is 33.9 Å². The zero-order chi connectivity index (χ0) is 14.8. The van der Waals surface area contributed by atoms with Crippen molar-refractivity contribution in [3.63, 3.8) is 0 Å². The first kappa shape index (κ1) is 15.0. The molecule has 0 spiro atoms. The summed E-state index contributed by atoms with van der Waals surface area (Å²) >= 11 is 0. The van der Waals surface area contributed by atoms with E-state index in [0.29, 0.717) is 0 Å². The number of rotatable bonds is 6. The summed E-state index contributed by atoms with van der Waals surface area (Å²) in [6.45, 7) is 7.22. The maximum absolute atomic E-state index is 5.61. The van der Waals surface area contributed by atoms with Crippen LogP contribution < -0.4 is 5.32 Å². The molecule has 2 aromatic rings. The highest BCUT2D eigenvalue weighted by molar-refractivity contribution is 5.82. The quantitative estimate of drug-likeness (QED) is 0.881. The van der Waals surface area contributed by atoms with Crippen LogP contribution in [0.25, 0.3) is 10.9 Å². The van der Waals surface area contributed by atoms with E-state index in [-0.39, 0.29) is 11.6 Å². The van der Waals surface area contributed by atoms with E-state index in [1.54, 1.807) is 7.11 Å². The van der Waals surface area contributed by atoms with Crippen molar-refractivity contribution in [1.82, 2.24) is 15.1 Å². The Labute approximate surface area is 121 Å². The zero-order valence-corrected chi connectivity index (χ0v) is 13.1. The van der Waals surface area contributed by atoms with E-state index >= 15 is 0 Å². The molecular weight excluding hydrogens is 250 g/mol. The minimum Gasteiger partial charge on any atom is -0.377 e. The Kier molecular flexibility index (Phi) is 4.45. The Morgan fingerprint density at radius 3 is 2.65 bits per heavy atom. The van der Waals surface area contributed by atoms with Crippen molar-refractivity contribution >= 4 is 10.9 Å². The van der Waals surface area contributed by atoms with Crippen molar-refractivity contribution in [1.29, 1.82) is 0 Å². The topological polar surface area (TPSA) is 39.1 Å². The van der Waals surface area contributed by atoms with Crippen LogP contribution >= 0.6 is 0 Å². The summed E-state index contributed by atoms with van der Waals surface area (Å²) in [5, 5.41) is 9.36. The predicted molar refractivity (Wildman–Crippen MR) is 83.0 cm³/mol. The van der Waals surface area contributed by atoms with Gasteiger partial charge < -0.3 is 10.1 Å². The fraction of sp³-hybridized carbons (Fsp3) is 0.562. The van der Waals surface area contributed by atoms with Gasteiger partial charge in [-0.3, -0.25) is 4.68 Å². The second-order valence-electron chi connectivity index (χ2n) is 5.63. The second kappa shape index (κ2) is 5.94. The molecule has 110 valence electrons. The Morgan fingerprint density at radius 2 is 2.05 bits per heavy atom. The van der Waals surface area contributed by atoms with E-state index in [1.807, 2.05) is 7.05 Å². The number of hydrogen-bond donors (Lipinski definition) is 1. The number of likely N-dealkylation sites (N-methyl/N-ethyl adjacent to an activating group) is 1. The molecule has 0 aliphatic carbocycles. The molecule has 0 saturated heterocycles. The summed E-state index contributed by atoms with van der Waals surface area (Å²) in [6, 6.07) is 8.63. The lowest BCUT2D eigenvalue weighted by molar-refractivity contribution is -0.00816. The standard InChI is InChI=1S/C16H25N3O/c1-6-19-14-10-8-7-9-12(14)13(18-19)11-15(17-4)16(2,3)20-5/h7-10,15,17H,6,11H2,1-5H3. The van der Waals surface area contributed by atoms with Crippen molar-refractivity contribution in [2.24, 2.45) is 0 Å². The van der Waals surface area contributed by atoms with E-state index in [0.717, 1.165) is 18.7 Å². The average Bonchev–Trinajstić information content (AvgIpc) is 2.82. The Balaban J connectivity index is 2.38. The highest BCUT2D eigenvalue weighted by Gasteiger charge is 2.29. The van der Waals surface area contributed by atoms with Crippen molar-refractivity contribution in [2.75, 3.05) is 14.2 Å². The molecule has 4 nitrogen and oxygen atoms in total. The first-order valence-electron chi connectivity index (χ1n) is 7.20. The van der Waals surface area contributed by atoms with E-state index in [4.69, 9.17) is 9.84 Å². The molecular formula is C16H25N3O. The number of aromatic nitrogens is 2. The third-order valence-electron chi connectivity index (χ3n) is 4.15. The first-order chi connectivity index (χ1) is 9.53. The van der Waals surface area contributed by atoms with Crippen LogP contribution in [0.3, 0.4) is 0 Å². The number of benzene rings is 1. The molecule has 0 aliphatic heterocycles. The van der Waals surface area contributed by atoms with Crippen molar-refractivity contribution in [3.05, 3.63) is 30.0 Å². The molecule has 4 heteroatoms. The maximum Gasteiger partial charge on any atom is 0.0778 e. The third kappa shape index (κ3) is 2.72. The molecule has 1 aromatic heterocycles. The number of para-hydroxylation sites is 1. The molecule has 20 heavy (non-hydrogen) atoms. The molecule has 2 rings (SSSR count). The fourth-order valence-corrected chi connectivity index (χ4v) is 2.62. The molecule has 0 fully saturated rings. The van der Waals surface area contributed by atoms with Crippen LogP contribution in [0.5, 0.6) is 0 Å². The van der Waals surface area contributed by atoms with Gasteiger partial charge in [-0.2, -0.15) is 5.10 Å². The molecule has 1 atom stereocenters. The van der Waals surface area contributed by atoms with Gasteiger partial charge in [0, 0.05) is 31.5 Å². The SMILES string of the molecule is CCn1nc(CC(NC)C(C)(C)OC)c2ccccc21. The lowest BCUT2D eigenvalue weighted by atomic mass is 9.93. The second-order valence-corrected chi connectivity index (χ2v) is 5.63. The van der Waals surface area contributed by atoms with Crippen LogP contribution in [-0.2, 0) is 17.7 Å². The largest absolute Gasteiger partial charge is 0.377 e. The normalized spacial score (nSPS) is 13.8. The van der Waals surface area contributed by atoms with Crippen LogP contribution in [0.2, 0.25) is 0 Å². The Hall–Kier alpha value is -1.39. The van der Waals surface area contributed by atoms with Gasteiger partial charge in [0.2, 0.25) is 0 Å². The van der Waals surface area contributed by atoms with Crippen molar-refractivity contribution in [3.8, 4) is 0 Å². The van der Waals surface area contributed by atoms with Gasteiger partial charge in [0.05, 0.1) is 16.8 Å². The lowest BCUT2D eigenvalue weighted by Gasteiger charge is -2.32. The molecule has 0 amide bonds. The monoisotopic (exact) mass is 275 g/mol. The van der Waals surface area contributed by atoms with Crippen LogP contribution in [0.4, 0.5) is 0 Å². The molecule has 0 aliphatic rings. The summed E-state index contributed by atoms with van der Waals surface area (Å²) < 4.78 is 7.68. The van der Waals surface area contributed by atoms with Crippen molar-refractivity contribution in [2.45, 2.75) is 45.4 Å². The molecule has 1 heterocycles. The van der Waals surface area contributed by atoms with E-state index in [1.165, 1.54) is 10.9 Å². The highest BCUT2D eigenvalue weighted by atomic mass is 16.5. The first-order valence-corrected chi connectivity index (χ1v) is 7.20. The number of nitrogens with zero attached hydrogens (tertiary/aromatic N) is 2. The fourth-order valence-electron chi connectivity index (χ4n) is 2.62. The zero-order valence-electron chi connectivity index (χ0n) is 13.1. The molecule has 1 unspecified atom stereocenters. The highest BCUT2D eigenvalue weighted by Crippen LogP contribution is 2.23. The van der Waals surface area contributed by atoms with Gasteiger partial charge in [-0.25, -0.2) is 0 Å². The van der Waals surface area contributed by atoms with Gasteiger partial charge >= 0.3 is 0 Å².